The van der Waals surface area contributed by atoms with Gasteiger partial charge in [-0.25, -0.2) is 4.79 Å². The zero-order valence-corrected chi connectivity index (χ0v) is 14.0. The van der Waals surface area contributed by atoms with Crippen molar-refractivity contribution in [2.24, 2.45) is 0 Å². The van der Waals surface area contributed by atoms with Crippen LogP contribution in [0.3, 0.4) is 0 Å². The maximum absolute atomic E-state index is 12.9. The van der Waals surface area contributed by atoms with Crippen molar-refractivity contribution in [2.45, 2.75) is 30.6 Å². The Labute approximate surface area is 150 Å². The van der Waals surface area contributed by atoms with E-state index in [2.05, 4.69) is 5.32 Å². The first kappa shape index (κ1) is 16.7. The summed E-state index contributed by atoms with van der Waals surface area (Å²) in [5, 5.41) is 22.4. The predicted octanol–water partition coefficient (Wildman–Crippen LogP) is 1.56. The van der Waals surface area contributed by atoms with E-state index < -0.39 is 24.4 Å². The molecule has 1 unspecified atom stereocenters. The number of rotatable bonds is 4. The molecule has 1 aliphatic carbocycles. The summed E-state index contributed by atoms with van der Waals surface area (Å²) in [5.41, 5.74) is 1.10. The minimum absolute atomic E-state index is 0.00859. The molecule has 2 aromatic carbocycles. The standard InChI is InChI=1S/C19H18BNO5/c22-17(23)14-8-4-5-12-11-15(20(25)26-16(12)14)21-18(24)19(9-10-19)13-6-2-1-3-7-13/h1-8,15,25H,9-11H2,(H,21,24)(H,22,23). The first-order chi connectivity index (χ1) is 12.5. The third-order valence-electron chi connectivity index (χ3n) is 5.18. The van der Waals surface area contributed by atoms with Gasteiger partial charge in [0.15, 0.2) is 0 Å². The van der Waals surface area contributed by atoms with Gasteiger partial charge in [0, 0.05) is 0 Å². The van der Waals surface area contributed by atoms with Crippen molar-refractivity contribution in [2.75, 3.05) is 0 Å². The van der Waals surface area contributed by atoms with Gasteiger partial charge in [-0.2, -0.15) is 0 Å². The Kier molecular flexibility index (Phi) is 3.96. The number of carboxylic acids is 1. The average molecular weight is 351 g/mol. The van der Waals surface area contributed by atoms with Crippen LogP contribution in [-0.2, 0) is 16.6 Å². The summed E-state index contributed by atoms with van der Waals surface area (Å²) in [6, 6.07) is 14.4. The van der Waals surface area contributed by atoms with E-state index in [4.69, 9.17) is 4.65 Å². The Morgan fingerprint density at radius 3 is 2.50 bits per heavy atom. The molecule has 26 heavy (non-hydrogen) atoms. The number of benzene rings is 2. The minimum Gasteiger partial charge on any atom is -0.534 e. The first-order valence-electron chi connectivity index (χ1n) is 8.58. The smallest absolute Gasteiger partial charge is 0.534 e. The van der Waals surface area contributed by atoms with Crippen molar-refractivity contribution in [1.29, 1.82) is 0 Å². The molecule has 3 N–H and O–H groups in total. The van der Waals surface area contributed by atoms with E-state index in [-0.39, 0.29) is 17.2 Å². The number of hydrogen-bond donors (Lipinski definition) is 3. The van der Waals surface area contributed by atoms with Crippen molar-refractivity contribution < 1.29 is 24.4 Å². The van der Waals surface area contributed by atoms with Crippen LogP contribution in [-0.4, -0.2) is 35.1 Å². The highest BCUT2D eigenvalue weighted by molar-refractivity contribution is 6.47. The van der Waals surface area contributed by atoms with E-state index in [0.717, 1.165) is 18.4 Å². The van der Waals surface area contributed by atoms with Gasteiger partial charge < -0.3 is 20.1 Å². The fraction of sp³-hybridized carbons (Fsp3) is 0.263. The maximum Gasteiger partial charge on any atom is 0.547 e. The summed E-state index contributed by atoms with van der Waals surface area (Å²) < 4.78 is 5.44. The summed E-state index contributed by atoms with van der Waals surface area (Å²) in [4.78, 5) is 24.2. The van der Waals surface area contributed by atoms with Gasteiger partial charge in [0.05, 0.1) is 16.9 Å². The maximum atomic E-state index is 12.9. The molecule has 2 aromatic rings. The number of nitrogens with one attached hydrogen (secondary N) is 1. The third-order valence-corrected chi connectivity index (χ3v) is 5.18. The zero-order chi connectivity index (χ0) is 18.3. The van der Waals surface area contributed by atoms with Gasteiger partial charge in [-0.1, -0.05) is 42.5 Å². The summed E-state index contributed by atoms with van der Waals surface area (Å²) in [6.07, 6.45) is 1.85. The molecular weight excluding hydrogens is 333 g/mol. The molecule has 0 bridgehead atoms. The summed E-state index contributed by atoms with van der Waals surface area (Å²) in [5.74, 6) is -1.70. The van der Waals surface area contributed by atoms with Crippen LogP contribution < -0.4 is 9.97 Å². The van der Waals surface area contributed by atoms with Crippen LogP contribution in [0.4, 0.5) is 0 Å². The highest BCUT2D eigenvalue weighted by atomic mass is 16.5. The van der Waals surface area contributed by atoms with Gasteiger partial charge in [0.2, 0.25) is 5.91 Å². The second-order valence-corrected chi connectivity index (χ2v) is 6.84. The van der Waals surface area contributed by atoms with E-state index in [1.54, 1.807) is 12.1 Å². The van der Waals surface area contributed by atoms with Crippen LogP contribution >= 0.6 is 0 Å². The number of aromatic carboxylic acids is 1. The quantitative estimate of drug-likeness (QED) is 0.727. The number of para-hydroxylation sites is 1. The molecule has 4 rings (SSSR count). The number of fused-ring (bicyclic) bond motifs is 1. The fourth-order valence-electron chi connectivity index (χ4n) is 3.55. The van der Waals surface area contributed by atoms with Crippen LogP contribution in [0.2, 0.25) is 0 Å². The molecular formula is C19H18BNO5. The van der Waals surface area contributed by atoms with E-state index in [1.165, 1.54) is 6.07 Å². The summed E-state index contributed by atoms with van der Waals surface area (Å²) in [7, 11) is -1.29. The predicted molar refractivity (Wildman–Crippen MR) is 95.0 cm³/mol. The number of hydrogen-bond acceptors (Lipinski definition) is 4. The Bertz CT molecular complexity index is 865. The molecule has 2 aliphatic rings. The molecule has 0 radical (unpaired) electrons. The molecule has 1 aliphatic heterocycles. The van der Waals surface area contributed by atoms with E-state index in [9.17, 15) is 19.7 Å². The minimum atomic E-state index is -1.29. The SMILES string of the molecule is O=C(O)c1cccc2c1OB(O)C(NC(=O)C1(c3ccccc3)CC1)C2. The molecule has 1 saturated carbocycles. The van der Waals surface area contributed by atoms with E-state index in [1.807, 2.05) is 30.3 Å². The van der Waals surface area contributed by atoms with Crippen LogP contribution in [0.5, 0.6) is 5.75 Å². The molecule has 1 amide bonds. The lowest BCUT2D eigenvalue weighted by molar-refractivity contribution is -0.124. The number of carbonyl (C=O) groups excluding carboxylic acids is 1. The Morgan fingerprint density at radius 1 is 1.12 bits per heavy atom. The number of carbonyl (C=O) groups is 2. The Morgan fingerprint density at radius 2 is 1.85 bits per heavy atom. The molecule has 1 atom stereocenters. The van der Waals surface area contributed by atoms with Crippen molar-refractivity contribution in [1.82, 2.24) is 5.32 Å². The highest BCUT2D eigenvalue weighted by Crippen LogP contribution is 2.48. The monoisotopic (exact) mass is 351 g/mol. The van der Waals surface area contributed by atoms with Crippen LogP contribution in [0.15, 0.2) is 48.5 Å². The fourth-order valence-corrected chi connectivity index (χ4v) is 3.55. The second-order valence-electron chi connectivity index (χ2n) is 6.84. The average Bonchev–Trinajstić information content (AvgIpc) is 3.44. The molecule has 132 valence electrons. The lowest BCUT2D eigenvalue weighted by Gasteiger charge is -2.30. The van der Waals surface area contributed by atoms with Crippen molar-refractivity contribution in [3.8, 4) is 5.75 Å². The number of carboxylic acid groups (broad SMARTS) is 1. The van der Waals surface area contributed by atoms with E-state index >= 15 is 0 Å². The lowest BCUT2D eigenvalue weighted by Crippen LogP contribution is -2.55. The molecule has 0 spiro atoms. The molecule has 6 nitrogen and oxygen atoms in total. The van der Waals surface area contributed by atoms with Crippen LogP contribution in [0.25, 0.3) is 0 Å². The third kappa shape index (κ3) is 2.74. The highest BCUT2D eigenvalue weighted by Gasteiger charge is 2.52. The molecule has 7 heteroatoms. The van der Waals surface area contributed by atoms with Gasteiger partial charge in [0.1, 0.15) is 5.75 Å². The number of amides is 1. The zero-order valence-electron chi connectivity index (χ0n) is 14.0. The molecule has 1 fully saturated rings. The first-order valence-corrected chi connectivity index (χ1v) is 8.58. The van der Waals surface area contributed by atoms with Gasteiger partial charge in [-0.05, 0) is 36.5 Å². The van der Waals surface area contributed by atoms with Gasteiger partial charge in [-0.15, -0.1) is 0 Å². The van der Waals surface area contributed by atoms with Crippen LogP contribution in [0, 0.1) is 0 Å². The Balaban J connectivity index is 1.54. The Hall–Kier alpha value is -2.80. The van der Waals surface area contributed by atoms with Gasteiger partial charge >= 0.3 is 13.1 Å². The molecule has 1 heterocycles. The van der Waals surface area contributed by atoms with Gasteiger partial charge in [0.25, 0.3) is 0 Å². The summed E-state index contributed by atoms with van der Waals surface area (Å²) in [6.45, 7) is 0. The topological polar surface area (TPSA) is 95.9 Å². The lowest BCUT2D eigenvalue weighted by atomic mass is 9.72. The second kappa shape index (κ2) is 6.18. The van der Waals surface area contributed by atoms with Gasteiger partial charge in [-0.3, -0.25) is 4.79 Å². The largest absolute Gasteiger partial charge is 0.547 e. The molecule has 0 aromatic heterocycles. The van der Waals surface area contributed by atoms with Crippen molar-refractivity contribution in [3.05, 3.63) is 65.2 Å². The van der Waals surface area contributed by atoms with Crippen molar-refractivity contribution in [3.63, 3.8) is 0 Å². The molecule has 0 saturated heterocycles. The van der Waals surface area contributed by atoms with E-state index in [0.29, 0.717) is 12.0 Å². The summed E-state index contributed by atoms with van der Waals surface area (Å²) >= 11 is 0. The van der Waals surface area contributed by atoms with Crippen molar-refractivity contribution >= 4 is 19.0 Å². The normalized spacial score (nSPS) is 19.9. The van der Waals surface area contributed by atoms with Crippen LogP contribution in [0.1, 0.15) is 34.3 Å².